The molecule has 6 heteroatoms. The molecule has 120 valence electrons. The van der Waals surface area contributed by atoms with Crippen molar-refractivity contribution in [3.8, 4) is 5.75 Å². The van der Waals surface area contributed by atoms with E-state index in [9.17, 15) is 14.7 Å². The van der Waals surface area contributed by atoms with Crippen molar-refractivity contribution in [2.24, 2.45) is 0 Å². The molecule has 6 nitrogen and oxygen atoms in total. The Morgan fingerprint density at radius 3 is 2.64 bits per heavy atom. The van der Waals surface area contributed by atoms with Crippen molar-refractivity contribution < 1.29 is 19.4 Å². The third-order valence-corrected chi connectivity index (χ3v) is 3.75. The molecule has 2 amide bonds. The van der Waals surface area contributed by atoms with E-state index in [0.29, 0.717) is 44.8 Å². The highest BCUT2D eigenvalue weighted by atomic mass is 16.5. The molecule has 0 aromatic heterocycles. The number of amides is 2. The van der Waals surface area contributed by atoms with Crippen molar-refractivity contribution in [2.75, 3.05) is 39.9 Å². The molecular weight excluding hydrogens is 284 g/mol. The quantitative estimate of drug-likeness (QED) is 0.904. The topological polar surface area (TPSA) is 70.1 Å². The number of aromatic hydroxyl groups is 1. The van der Waals surface area contributed by atoms with Gasteiger partial charge in [-0.15, -0.1) is 0 Å². The van der Waals surface area contributed by atoms with Crippen molar-refractivity contribution in [3.63, 3.8) is 0 Å². The van der Waals surface area contributed by atoms with E-state index in [2.05, 4.69) is 0 Å². The molecule has 1 aliphatic rings. The number of carbonyl (C=O) groups excluding carboxylic acids is 2. The maximum Gasteiger partial charge on any atom is 0.254 e. The van der Waals surface area contributed by atoms with Gasteiger partial charge in [0.2, 0.25) is 5.91 Å². The van der Waals surface area contributed by atoms with Crippen molar-refractivity contribution in [1.82, 2.24) is 9.80 Å². The van der Waals surface area contributed by atoms with E-state index in [-0.39, 0.29) is 17.6 Å². The van der Waals surface area contributed by atoms with Crippen LogP contribution in [0.2, 0.25) is 0 Å². The van der Waals surface area contributed by atoms with Crippen molar-refractivity contribution in [1.29, 1.82) is 0 Å². The molecule has 0 aliphatic carbocycles. The zero-order valence-corrected chi connectivity index (χ0v) is 12.8. The zero-order valence-electron chi connectivity index (χ0n) is 12.8. The van der Waals surface area contributed by atoms with Gasteiger partial charge in [0.15, 0.2) is 0 Å². The van der Waals surface area contributed by atoms with Crippen LogP contribution in [-0.4, -0.2) is 66.6 Å². The van der Waals surface area contributed by atoms with Crippen LogP contribution in [-0.2, 0) is 9.53 Å². The first-order chi connectivity index (χ1) is 10.6. The summed E-state index contributed by atoms with van der Waals surface area (Å²) in [5, 5.41) is 9.48. The molecule has 0 bridgehead atoms. The average molecular weight is 306 g/mol. The summed E-state index contributed by atoms with van der Waals surface area (Å²) in [7, 11) is 1.57. The molecule has 0 radical (unpaired) electrons. The number of carbonyl (C=O) groups is 2. The van der Waals surface area contributed by atoms with E-state index in [1.807, 2.05) is 0 Å². The zero-order chi connectivity index (χ0) is 15.9. The molecule has 1 aromatic carbocycles. The molecule has 0 spiro atoms. The molecule has 1 heterocycles. The van der Waals surface area contributed by atoms with E-state index in [4.69, 9.17) is 4.74 Å². The highest BCUT2D eigenvalue weighted by molar-refractivity contribution is 5.94. The molecule has 22 heavy (non-hydrogen) atoms. The predicted molar refractivity (Wildman–Crippen MR) is 81.7 cm³/mol. The Bertz CT molecular complexity index is 533. The molecule has 1 N–H and O–H groups in total. The number of rotatable bonds is 4. The van der Waals surface area contributed by atoms with Crippen LogP contribution in [0, 0.1) is 0 Å². The number of nitrogens with zero attached hydrogens (tertiary/aromatic N) is 2. The molecule has 2 rings (SSSR count). The summed E-state index contributed by atoms with van der Waals surface area (Å²) >= 11 is 0. The van der Waals surface area contributed by atoms with Gasteiger partial charge < -0.3 is 19.6 Å². The van der Waals surface area contributed by atoms with Crippen molar-refractivity contribution >= 4 is 11.8 Å². The summed E-state index contributed by atoms with van der Waals surface area (Å²) < 4.78 is 4.93. The average Bonchev–Trinajstić information content (AvgIpc) is 2.78. The second kappa shape index (κ2) is 7.79. The largest absolute Gasteiger partial charge is 0.508 e. The fourth-order valence-corrected chi connectivity index (χ4v) is 2.54. The summed E-state index contributed by atoms with van der Waals surface area (Å²) in [6.07, 6.45) is 1.13. The fourth-order valence-electron chi connectivity index (χ4n) is 2.54. The van der Waals surface area contributed by atoms with Crippen LogP contribution in [0.4, 0.5) is 0 Å². The van der Waals surface area contributed by atoms with Crippen LogP contribution in [0.15, 0.2) is 24.3 Å². The van der Waals surface area contributed by atoms with Gasteiger partial charge in [0.25, 0.3) is 5.91 Å². The molecule has 0 saturated carbocycles. The van der Waals surface area contributed by atoms with Gasteiger partial charge in [0.1, 0.15) is 5.75 Å². The first kappa shape index (κ1) is 16.3. The lowest BCUT2D eigenvalue weighted by atomic mass is 10.2. The first-order valence-corrected chi connectivity index (χ1v) is 7.47. The summed E-state index contributed by atoms with van der Waals surface area (Å²) in [5.74, 6) is 0.0348. The van der Waals surface area contributed by atoms with Gasteiger partial charge in [-0.05, 0) is 24.6 Å². The Kier molecular flexibility index (Phi) is 5.77. The first-order valence-electron chi connectivity index (χ1n) is 7.47. The minimum atomic E-state index is -0.109. The molecule has 1 fully saturated rings. The Labute approximate surface area is 130 Å². The lowest BCUT2D eigenvalue weighted by molar-refractivity contribution is -0.132. The fraction of sp³-hybridized carbons (Fsp3) is 0.500. The van der Waals surface area contributed by atoms with Crippen molar-refractivity contribution in [3.05, 3.63) is 29.8 Å². The van der Waals surface area contributed by atoms with Gasteiger partial charge in [-0.1, -0.05) is 6.07 Å². The lowest BCUT2D eigenvalue weighted by Gasteiger charge is -2.22. The van der Waals surface area contributed by atoms with E-state index < -0.39 is 0 Å². The SMILES string of the molecule is COCCC(=O)N1CCCN(C(=O)c2cccc(O)c2)CC1. The van der Waals surface area contributed by atoms with E-state index in [1.165, 1.54) is 12.1 Å². The van der Waals surface area contributed by atoms with Crippen LogP contribution in [0.1, 0.15) is 23.2 Å². The molecule has 0 atom stereocenters. The van der Waals surface area contributed by atoms with Crippen LogP contribution in [0.25, 0.3) is 0 Å². The second-order valence-corrected chi connectivity index (χ2v) is 5.32. The van der Waals surface area contributed by atoms with Gasteiger partial charge in [0.05, 0.1) is 13.0 Å². The molecule has 1 aliphatic heterocycles. The van der Waals surface area contributed by atoms with Gasteiger partial charge in [0, 0.05) is 38.9 Å². The smallest absolute Gasteiger partial charge is 0.254 e. The van der Waals surface area contributed by atoms with E-state index in [0.717, 1.165) is 6.42 Å². The Hall–Kier alpha value is -2.08. The van der Waals surface area contributed by atoms with Crippen LogP contribution < -0.4 is 0 Å². The highest BCUT2D eigenvalue weighted by Crippen LogP contribution is 2.14. The summed E-state index contributed by atoms with van der Waals surface area (Å²) in [4.78, 5) is 28.0. The Morgan fingerprint density at radius 2 is 1.91 bits per heavy atom. The maximum absolute atomic E-state index is 12.4. The van der Waals surface area contributed by atoms with Crippen LogP contribution in [0.5, 0.6) is 5.75 Å². The van der Waals surface area contributed by atoms with E-state index >= 15 is 0 Å². The number of benzene rings is 1. The molecule has 1 aromatic rings. The highest BCUT2D eigenvalue weighted by Gasteiger charge is 2.22. The lowest BCUT2D eigenvalue weighted by Crippen LogP contribution is -2.37. The normalized spacial score (nSPS) is 15.5. The van der Waals surface area contributed by atoms with Crippen LogP contribution >= 0.6 is 0 Å². The van der Waals surface area contributed by atoms with Gasteiger partial charge in [-0.3, -0.25) is 9.59 Å². The summed E-state index contributed by atoms with van der Waals surface area (Å²) in [6, 6.07) is 6.35. The van der Waals surface area contributed by atoms with E-state index in [1.54, 1.807) is 29.0 Å². The maximum atomic E-state index is 12.4. The van der Waals surface area contributed by atoms with Crippen LogP contribution in [0.3, 0.4) is 0 Å². The molecular formula is C16H22N2O4. The number of hydrogen-bond donors (Lipinski definition) is 1. The van der Waals surface area contributed by atoms with Gasteiger partial charge in [-0.2, -0.15) is 0 Å². The minimum Gasteiger partial charge on any atom is -0.508 e. The van der Waals surface area contributed by atoms with Crippen molar-refractivity contribution in [2.45, 2.75) is 12.8 Å². The molecule has 1 saturated heterocycles. The summed E-state index contributed by atoms with van der Waals surface area (Å²) in [6.45, 7) is 2.73. The number of hydrogen-bond acceptors (Lipinski definition) is 4. The molecule has 0 unspecified atom stereocenters. The number of phenols is 1. The third-order valence-electron chi connectivity index (χ3n) is 3.75. The minimum absolute atomic E-state index is 0.0634. The number of phenolic OH excluding ortho intramolecular Hbond substituents is 1. The van der Waals surface area contributed by atoms with Gasteiger partial charge in [-0.25, -0.2) is 0 Å². The third kappa shape index (κ3) is 4.21. The standard InChI is InChI=1S/C16H22N2O4/c1-22-11-6-15(20)17-7-3-8-18(10-9-17)16(21)13-4-2-5-14(19)12-13/h2,4-5,12,19H,3,6-11H2,1H3. The Morgan fingerprint density at radius 1 is 1.18 bits per heavy atom. The predicted octanol–water partition coefficient (Wildman–Crippen LogP) is 1.10. The summed E-state index contributed by atoms with van der Waals surface area (Å²) in [5.41, 5.74) is 0.471. The Balaban J connectivity index is 1.95. The number of ether oxygens (including phenoxy) is 1. The monoisotopic (exact) mass is 306 g/mol. The van der Waals surface area contributed by atoms with Gasteiger partial charge >= 0.3 is 0 Å². The second-order valence-electron chi connectivity index (χ2n) is 5.32. The number of methoxy groups -OCH3 is 1.